The Morgan fingerprint density at radius 2 is 0.742 bits per heavy atom. The molecule has 12 rings (SSSR count). The third kappa shape index (κ3) is 5.92. The average Bonchev–Trinajstić information content (AvgIpc) is 3.91. The van der Waals surface area contributed by atoms with Gasteiger partial charge in [0.1, 0.15) is 11.2 Å². The van der Waals surface area contributed by atoms with Crippen LogP contribution in [0.2, 0.25) is 0 Å². The van der Waals surface area contributed by atoms with Crippen LogP contribution in [0.15, 0.2) is 205 Å². The molecule has 0 spiro atoms. The van der Waals surface area contributed by atoms with E-state index in [1.54, 1.807) is 0 Å². The second kappa shape index (κ2) is 14.6. The maximum atomic E-state index is 6.50. The van der Waals surface area contributed by atoms with Crippen molar-refractivity contribution in [3.63, 3.8) is 0 Å². The predicted molar refractivity (Wildman–Crippen MR) is 247 cm³/mol. The molecule has 0 aliphatic carbocycles. The van der Waals surface area contributed by atoms with Crippen LogP contribution in [0.1, 0.15) is 0 Å². The highest BCUT2D eigenvalue weighted by Gasteiger charge is 2.23. The molecule has 0 unspecified atom stereocenters. The number of para-hydroxylation sites is 4. The predicted octanol–water partition coefficient (Wildman–Crippen LogP) is 13.1. The van der Waals surface area contributed by atoms with E-state index in [-0.39, 0.29) is 0 Å². The number of nitrogens with zero attached hydrogens (tertiary/aromatic N) is 7. The SMILES string of the molecule is c1ccc(-c2nc(-c3ccccc3)nc(-c3ccccc3-n3c4ccccc4c4c(-c5nc(-c6ccccc6)nc(-c6cccc7c6oc6ccccc67)n5)cccc43)n2)cc1. The van der Waals surface area contributed by atoms with E-state index in [4.69, 9.17) is 34.3 Å². The highest BCUT2D eigenvalue weighted by Crippen LogP contribution is 2.41. The van der Waals surface area contributed by atoms with Crippen LogP contribution >= 0.6 is 0 Å². The van der Waals surface area contributed by atoms with Crippen molar-refractivity contribution in [1.82, 2.24) is 34.5 Å². The topological polar surface area (TPSA) is 95.4 Å². The van der Waals surface area contributed by atoms with Crippen LogP contribution in [0.3, 0.4) is 0 Å². The van der Waals surface area contributed by atoms with Gasteiger partial charge in [-0.2, -0.15) is 0 Å². The molecule has 0 bridgehead atoms. The van der Waals surface area contributed by atoms with E-state index >= 15 is 0 Å². The molecule has 0 N–H and O–H groups in total. The lowest BCUT2D eigenvalue weighted by Crippen LogP contribution is -2.03. The lowest BCUT2D eigenvalue weighted by molar-refractivity contribution is 0.669. The largest absolute Gasteiger partial charge is 0.455 e. The van der Waals surface area contributed by atoms with Crippen molar-refractivity contribution in [3.8, 4) is 74.0 Å². The molecular weight excluding hydrogens is 763 g/mol. The van der Waals surface area contributed by atoms with E-state index in [2.05, 4.69) is 77.4 Å². The van der Waals surface area contributed by atoms with E-state index in [0.717, 1.165) is 82.8 Å². The van der Waals surface area contributed by atoms with Gasteiger partial charge in [-0.1, -0.05) is 164 Å². The number of fused-ring (bicyclic) bond motifs is 6. The van der Waals surface area contributed by atoms with E-state index in [1.807, 2.05) is 127 Å². The van der Waals surface area contributed by atoms with Gasteiger partial charge in [0.15, 0.2) is 34.9 Å². The third-order valence-electron chi connectivity index (χ3n) is 11.3. The first-order valence-electron chi connectivity index (χ1n) is 20.5. The number of benzene rings is 8. The summed E-state index contributed by atoms with van der Waals surface area (Å²) in [5, 5.41) is 4.13. The second-order valence-electron chi connectivity index (χ2n) is 15.1. The van der Waals surface area contributed by atoms with Gasteiger partial charge in [-0.25, -0.2) is 29.9 Å². The molecule has 290 valence electrons. The quantitative estimate of drug-likeness (QED) is 0.158. The van der Waals surface area contributed by atoms with Crippen molar-refractivity contribution >= 4 is 43.7 Å². The molecular formula is C54H33N7O. The zero-order chi connectivity index (χ0) is 41.0. The van der Waals surface area contributed by atoms with Gasteiger partial charge in [0.05, 0.1) is 22.3 Å². The fourth-order valence-electron chi connectivity index (χ4n) is 8.51. The first kappa shape index (κ1) is 35.3. The van der Waals surface area contributed by atoms with E-state index in [9.17, 15) is 0 Å². The highest BCUT2D eigenvalue weighted by molar-refractivity contribution is 6.16. The van der Waals surface area contributed by atoms with Gasteiger partial charge in [0.25, 0.3) is 0 Å². The van der Waals surface area contributed by atoms with Crippen molar-refractivity contribution in [2.45, 2.75) is 0 Å². The first-order chi connectivity index (χ1) is 30.7. The Bertz CT molecular complexity index is 3580. The van der Waals surface area contributed by atoms with E-state index in [0.29, 0.717) is 34.9 Å². The minimum atomic E-state index is 0.530. The highest BCUT2D eigenvalue weighted by atomic mass is 16.3. The number of aromatic nitrogens is 7. The van der Waals surface area contributed by atoms with Gasteiger partial charge in [0.2, 0.25) is 0 Å². The Balaban J connectivity index is 1.09. The summed E-state index contributed by atoms with van der Waals surface area (Å²) >= 11 is 0. The lowest BCUT2D eigenvalue weighted by Gasteiger charge is -2.15. The van der Waals surface area contributed by atoms with Crippen molar-refractivity contribution < 1.29 is 4.42 Å². The molecule has 0 saturated carbocycles. The summed E-state index contributed by atoms with van der Waals surface area (Å²) in [6.07, 6.45) is 0. The van der Waals surface area contributed by atoms with Gasteiger partial charge in [-0.3, -0.25) is 0 Å². The van der Waals surface area contributed by atoms with Crippen LogP contribution in [-0.2, 0) is 0 Å². The summed E-state index contributed by atoms with van der Waals surface area (Å²) in [5.74, 6) is 3.44. The molecule has 0 fully saturated rings. The Labute approximate surface area is 355 Å². The standard InChI is InChI=1S/C54H33N7O/c1-4-18-34(19-5-1)49-55-50(35-20-6-2-7-21-35)57-52(56-49)40-26-11-14-31-44(40)61-43-30-13-10-25-39(43)47-41(28-17-32-45(47)61)53-58-51(36-22-8-3-9-23-36)59-54(60-53)42-29-16-27-38-37-24-12-15-33-46(37)62-48(38)42/h1-33H. The summed E-state index contributed by atoms with van der Waals surface area (Å²) in [6, 6.07) is 67.5. The molecule has 0 amide bonds. The fourth-order valence-corrected chi connectivity index (χ4v) is 8.51. The monoisotopic (exact) mass is 795 g/mol. The second-order valence-corrected chi connectivity index (χ2v) is 15.1. The molecule has 0 aliphatic rings. The maximum absolute atomic E-state index is 6.50. The number of hydrogen-bond donors (Lipinski definition) is 0. The van der Waals surface area contributed by atoms with Crippen molar-refractivity contribution in [1.29, 1.82) is 0 Å². The third-order valence-corrected chi connectivity index (χ3v) is 11.3. The molecule has 0 atom stereocenters. The van der Waals surface area contributed by atoms with Crippen LogP contribution in [0.25, 0.3) is 118 Å². The fraction of sp³-hybridized carbons (Fsp3) is 0. The zero-order valence-corrected chi connectivity index (χ0v) is 33.1. The van der Waals surface area contributed by atoms with E-state index in [1.165, 1.54) is 0 Å². The smallest absolute Gasteiger partial charge is 0.167 e. The molecule has 0 radical (unpaired) electrons. The molecule has 0 saturated heterocycles. The van der Waals surface area contributed by atoms with Crippen LogP contribution < -0.4 is 0 Å². The Kier molecular flexibility index (Phi) is 8.31. The molecule has 4 heterocycles. The first-order valence-corrected chi connectivity index (χ1v) is 20.5. The minimum absolute atomic E-state index is 0.530. The molecule has 8 nitrogen and oxygen atoms in total. The molecule has 4 aromatic heterocycles. The Morgan fingerprint density at radius 3 is 1.42 bits per heavy atom. The molecule has 8 heteroatoms. The summed E-state index contributed by atoms with van der Waals surface area (Å²) in [5.41, 5.74) is 9.74. The van der Waals surface area contributed by atoms with Gasteiger partial charge in [0, 0.05) is 49.4 Å². The van der Waals surface area contributed by atoms with Gasteiger partial charge < -0.3 is 8.98 Å². The van der Waals surface area contributed by atoms with Crippen molar-refractivity contribution in [2.24, 2.45) is 0 Å². The Morgan fingerprint density at radius 1 is 0.306 bits per heavy atom. The van der Waals surface area contributed by atoms with Crippen molar-refractivity contribution in [2.75, 3.05) is 0 Å². The van der Waals surface area contributed by atoms with Crippen LogP contribution in [-0.4, -0.2) is 34.5 Å². The number of hydrogen-bond acceptors (Lipinski definition) is 7. The lowest BCUT2D eigenvalue weighted by atomic mass is 10.0. The molecule has 62 heavy (non-hydrogen) atoms. The average molecular weight is 796 g/mol. The summed E-state index contributed by atoms with van der Waals surface area (Å²) in [4.78, 5) is 30.9. The maximum Gasteiger partial charge on any atom is 0.167 e. The van der Waals surface area contributed by atoms with Crippen LogP contribution in [0, 0.1) is 0 Å². The number of furan rings is 1. The summed E-state index contributed by atoms with van der Waals surface area (Å²) < 4.78 is 8.80. The Hall–Kier alpha value is -8.62. The molecule has 8 aromatic carbocycles. The normalized spacial score (nSPS) is 11.5. The summed E-state index contributed by atoms with van der Waals surface area (Å²) in [6.45, 7) is 0. The molecule has 0 aliphatic heterocycles. The zero-order valence-electron chi connectivity index (χ0n) is 33.1. The van der Waals surface area contributed by atoms with E-state index < -0.39 is 0 Å². The minimum Gasteiger partial charge on any atom is -0.455 e. The van der Waals surface area contributed by atoms with Crippen LogP contribution in [0.5, 0.6) is 0 Å². The van der Waals surface area contributed by atoms with Gasteiger partial charge in [-0.05, 0) is 36.4 Å². The van der Waals surface area contributed by atoms with Crippen molar-refractivity contribution in [3.05, 3.63) is 200 Å². The summed E-state index contributed by atoms with van der Waals surface area (Å²) in [7, 11) is 0. The van der Waals surface area contributed by atoms with Crippen LogP contribution in [0.4, 0.5) is 0 Å². The van der Waals surface area contributed by atoms with Gasteiger partial charge >= 0.3 is 0 Å². The molecule has 12 aromatic rings. The number of rotatable bonds is 7. The van der Waals surface area contributed by atoms with Gasteiger partial charge in [-0.15, -0.1) is 0 Å².